The van der Waals surface area contributed by atoms with E-state index in [1.54, 1.807) is 48.5 Å². The fourth-order valence-corrected chi connectivity index (χ4v) is 2.49. The number of benzene rings is 2. The molecular weight excluding hydrogens is 372 g/mol. The van der Waals surface area contributed by atoms with Crippen molar-refractivity contribution >= 4 is 29.2 Å². The predicted molar refractivity (Wildman–Crippen MR) is 109 cm³/mol. The van der Waals surface area contributed by atoms with E-state index < -0.39 is 5.97 Å². The number of hydrogen-bond acceptors (Lipinski definition) is 7. The highest BCUT2D eigenvalue weighted by Crippen LogP contribution is 2.17. The highest BCUT2D eigenvalue weighted by atomic mass is 16.5. The van der Waals surface area contributed by atoms with Crippen molar-refractivity contribution in [3.63, 3.8) is 0 Å². The summed E-state index contributed by atoms with van der Waals surface area (Å²) in [6.45, 7) is 2.49. The van der Waals surface area contributed by atoms with Gasteiger partial charge in [-0.25, -0.2) is 14.8 Å². The summed E-state index contributed by atoms with van der Waals surface area (Å²) >= 11 is 0. The van der Waals surface area contributed by atoms with Gasteiger partial charge in [0.2, 0.25) is 5.95 Å². The second-order valence-electron chi connectivity index (χ2n) is 5.90. The van der Waals surface area contributed by atoms with Gasteiger partial charge in [-0.05, 0) is 49.4 Å². The van der Waals surface area contributed by atoms with E-state index in [0.29, 0.717) is 35.1 Å². The lowest BCUT2D eigenvalue weighted by molar-refractivity contribution is 0.0600. The second-order valence-corrected chi connectivity index (χ2v) is 5.90. The standard InChI is InChI=1S/C21H20N4O4/c1-3-29-18-9-7-16(8-10-18)24-19(26)15-12-22-21(23-13-15)25-17-6-4-5-14(11-17)20(27)28-2/h4-13H,3H2,1-2H3,(H,24,26)(H,22,23,25). The molecule has 8 heteroatoms. The zero-order valence-corrected chi connectivity index (χ0v) is 16.0. The van der Waals surface area contributed by atoms with E-state index in [1.165, 1.54) is 19.5 Å². The molecule has 0 unspecified atom stereocenters. The minimum absolute atomic E-state index is 0.296. The number of ether oxygens (including phenoxy) is 2. The molecule has 0 aliphatic heterocycles. The van der Waals surface area contributed by atoms with Crippen LogP contribution in [0, 0.1) is 0 Å². The Morgan fingerprint density at radius 3 is 2.34 bits per heavy atom. The second kappa shape index (κ2) is 9.32. The molecule has 0 spiro atoms. The number of carbonyl (C=O) groups excluding carboxylic acids is 2. The predicted octanol–water partition coefficient (Wildman–Crippen LogP) is 3.66. The number of rotatable bonds is 7. The Morgan fingerprint density at radius 2 is 1.69 bits per heavy atom. The quantitative estimate of drug-likeness (QED) is 0.592. The van der Waals surface area contributed by atoms with Gasteiger partial charge in [0.15, 0.2) is 0 Å². The summed E-state index contributed by atoms with van der Waals surface area (Å²) in [5.74, 6) is 0.273. The Morgan fingerprint density at radius 1 is 0.966 bits per heavy atom. The number of anilines is 3. The van der Waals surface area contributed by atoms with E-state index in [0.717, 1.165) is 5.75 Å². The maximum atomic E-state index is 12.4. The summed E-state index contributed by atoms with van der Waals surface area (Å²) < 4.78 is 10.1. The summed E-state index contributed by atoms with van der Waals surface area (Å²) in [7, 11) is 1.32. The van der Waals surface area contributed by atoms with Crippen LogP contribution < -0.4 is 15.4 Å². The minimum atomic E-state index is -0.434. The molecule has 3 aromatic rings. The maximum Gasteiger partial charge on any atom is 0.337 e. The number of amides is 1. The van der Waals surface area contributed by atoms with Gasteiger partial charge >= 0.3 is 5.97 Å². The molecule has 0 aliphatic rings. The lowest BCUT2D eigenvalue weighted by Gasteiger charge is -2.08. The van der Waals surface area contributed by atoms with Gasteiger partial charge in [-0.3, -0.25) is 4.79 Å². The van der Waals surface area contributed by atoms with Crippen molar-refractivity contribution < 1.29 is 19.1 Å². The molecule has 2 N–H and O–H groups in total. The molecule has 0 atom stereocenters. The van der Waals surface area contributed by atoms with Gasteiger partial charge in [0.1, 0.15) is 5.75 Å². The Labute approximate surface area is 167 Å². The fourth-order valence-electron chi connectivity index (χ4n) is 2.49. The van der Waals surface area contributed by atoms with Crippen molar-refractivity contribution in [2.75, 3.05) is 24.4 Å². The Kier molecular flexibility index (Phi) is 6.36. The third kappa shape index (κ3) is 5.29. The third-order valence-electron chi connectivity index (χ3n) is 3.88. The van der Waals surface area contributed by atoms with Crippen LogP contribution >= 0.6 is 0 Å². The van der Waals surface area contributed by atoms with E-state index in [1.807, 2.05) is 6.92 Å². The monoisotopic (exact) mass is 392 g/mol. The number of aromatic nitrogens is 2. The van der Waals surface area contributed by atoms with Gasteiger partial charge in [-0.1, -0.05) is 6.07 Å². The Balaban J connectivity index is 1.63. The normalized spacial score (nSPS) is 10.1. The number of nitrogens with zero attached hydrogens (tertiary/aromatic N) is 2. The largest absolute Gasteiger partial charge is 0.494 e. The van der Waals surface area contributed by atoms with Gasteiger partial charge in [0.05, 0.1) is 24.8 Å². The van der Waals surface area contributed by atoms with Crippen LogP contribution in [0.25, 0.3) is 0 Å². The molecule has 0 saturated carbocycles. The van der Waals surface area contributed by atoms with Crippen LogP contribution in [0.4, 0.5) is 17.3 Å². The molecule has 0 radical (unpaired) electrons. The number of nitrogens with one attached hydrogen (secondary N) is 2. The zero-order valence-electron chi connectivity index (χ0n) is 16.0. The first-order chi connectivity index (χ1) is 14.1. The van der Waals surface area contributed by atoms with Crippen LogP contribution in [0.1, 0.15) is 27.6 Å². The molecule has 1 heterocycles. The summed E-state index contributed by atoms with van der Waals surface area (Å²) in [5.41, 5.74) is 1.98. The molecular formula is C21H20N4O4. The van der Waals surface area contributed by atoms with Crippen molar-refractivity contribution in [3.05, 3.63) is 72.1 Å². The summed E-state index contributed by atoms with van der Waals surface area (Å²) in [6, 6.07) is 13.8. The van der Waals surface area contributed by atoms with Crippen LogP contribution in [0.5, 0.6) is 5.75 Å². The van der Waals surface area contributed by atoms with E-state index in [-0.39, 0.29) is 5.91 Å². The van der Waals surface area contributed by atoms with E-state index in [2.05, 4.69) is 20.6 Å². The molecule has 148 valence electrons. The van der Waals surface area contributed by atoms with Crippen molar-refractivity contribution in [3.8, 4) is 5.75 Å². The molecule has 1 amide bonds. The highest BCUT2D eigenvalue weighted by molar-refractivity contribution is 6.03. The molecule has 29 heavy (non-hydrogen) atoms. The first kappa shape index (κ1) is 19.8. The van der Waals surface area contributed by atoms with Crippen LogP contribution in [-0.2, 0) is 4.74 Å². The average molecular weight is 392 g/mol. The van der Waals surface area contributed by atoms with Crippen molar-refractivity contribution in [1.82, 2.24) is 9.97 Å². The molecule has 8 nitrogen and oxygen atoms in total. The summed E-state index contributed by atoms with van der Waals surface area (Å²) in [5, 5.41) is 5.76. The molecule has 0 bridgehead atoms. The topological polar surface area (TPSA) is 102 Å². The molecule has 0 saturated heterocycles. The number of esters is 1. The summed E-state index contributed by atoms with van der Waals surface area (Å²) in [4.78, 5) is 32.3. The fraction of sp³-hybridized carbons (Fsp3) is 0.143. The average Bonchev–Trinajstić information content (AvgIpc) is 2.75. The van der Waals surface area contributed by atoms with Gasteiger partial charge < -0.3 is 20.1 Å². The molecule has 0 aliphatic carbocycles. The highest BCUT2D eigenvalue weighted by Gasteiger charge is 2.09. The zero-order chi connectivity index (χ0) is 20.6. The lowest BCUT2D eigenvalue weighted by atomic mass is 10.2. The van der Waals surface area contributed by atoms with E-state index in [9.17, 15) is 9.59 Å². The number of carbonyl (C=O) groups is 2. The number of hydrogen-bond donors (Lipinski definition) is 2. The smallest absolute Gasteiger partial charge is 0.337 e. The molecule has 1 aromatic heterocycles. The first-order valence-electron chi connectivity index (χ1n) is 8.90. The van der Waals surface area contributed by atoms with Crippen LogP contribution in [0.3, 0.4) is 0 Å². The van der Waals surface area contributed by atoms with Gasteiger partial charge in [0.25, 0.3) is 5.91 Å². The van der Waals surface area contributed by atoms with Gasteiger partial charge in [-0.2, -0.15) is 0 Å². The number of methoxy groups -OCH3 is 1. The van der Waals surface area contributed by atoms with Crippen LogP contribution in [0.15, 0.2) is 60.9 Å². The van der Waals surface area contributed by atoms with Gasteiger partial charge in [-0.15, -0.1) is 0 Å². The minimum Gasteiger partial charge on any atom is -0.494 e. The van der Waals surface area contributed by atoms with Gasteiger partial charge in [0, 0.05) is 23.8 Å². The SMILES string of the molecule is CCOc1ccc(NC(=O)c2cnc(Nc3cccc(C(=O)OC)c3)nc2)cc1. The van der Waals surface area contributed by atoms with Crippen LogP contribution in [0.2, 0.25) is 0 Å². The Hall–Kier alpha value is -3.94. The van der Waals surface area contributed by atoms with Crippen molar-refractivity contribution in [2.45, 2.75) is 6.92 Å². The molecule has 0 fully saturated rings. The third-order valence-corrected chi connectivity index (χ3v) is 3.88. The van der Waals surface area contributed by atoms with E-state index in [4.69, 9.17) is 9.47 Å². The Bertz CT molecular complexity index is 988. The molecule has 2 aromatic carbocycles. The maximum absolute atomic E-state index is 12.4. The van der Waals surface area contributed by atoms with Crippen LogP contribution in [-0.4, -0.2) is 35.6 Å². The first-order valence-corrected chi connectivity index (χ1v) is 8.90. The lowest BCUT2D eigenvalue weighted by Crippen LogP contribution is -2.13. The van der Waals surface area contributed by atoms with E-state index >= 15 is 0 Å². The summed E-state index contributed by atoms with van der Waals surface area (Å²) in [6.07, 6.45) is 2.84. The van der Waals surface area contributed by atoms with Crippen molar-refractivity contribution in [2.24, 2.45) is 0 Å². The molecule has 3 rings (SSSR count). The van der Waals surface area contributed by atoms with Crippen molar-refractivity contribution in [1.29, 1.82) is 0 Å².